The molecule has 0 saturated carbocycles. The zero-order valence-electron chi connectivity index (χ0n) is 23.1. The smallest absolute Gasteiger partial charge is 0.261 e. The van der Waals surface area contributed by atoms with Crippen LogP contribution in [0.4, 0.5) is 5.69 Å². The first-order chi connectivity index (χ1) is 19.5. The molecular formula is C30H27N5O5S. The SMILES string of the molecule is COc1cc(C#N)ccc1Oc1nnc(-c2ccc(C)cc2)c(C)c1C(=O)Nc1cccc([S@@](C)(=O)=NC(C)=O)c1. The molecule has 0 bridgehead atoms. The van der Waals surface area contributed by atoms with Gasteiger partial charge in [0.1, 0.15) is 5.56 Å². The quantitative estimate of drug-likeness (QED) is 0.299. The Morgan fingerprint density at radius 1 is 1.00 bits per heavy atom. The summed E-state index contributed by atoms with van der Waals surface area (Å²) in [5.74, 6) is -0.695. The number of nitrogens with one attached hydrogen (secondary N) is 1. The summed E-state index contributed by atoms with van der Waals surface area (Å²) in [4.78, 5) is 25.6. The second kappa shape index (κ2) is 12.0. The number of amides is 2. The second-order valence-electron chi connectivity index (χ2n) is 9.19. The molecule has 208 valence electrons. The monoisotopic (exact) mass is 569 g/mol. The van der Waals surface area contributed by atoms with E-state index in [2.05, 4.69) is 19.9 Å². The molecule has 0 unspecified atom stereocenters. The van der Waals surface area contributed by atoms with E-state index in [1.165, 1.54) is 32.4 Å². The van der Waals surface area contributed by atoms with E-state index in [9.17, 15) is 19.1 Å². The lowest BCUT2D eigenvalue weighted by atomic mass is 10.0. The Labute approximate surface area is 238 Å². The zero-order chi connectivity index (χ0) is 29.7. The maximum Gasteiger partial charge on any atom is 0.261 e. The van der Waals surface area contributed by atoms with Gasteiger partial charge in [-0.25, -0.2) is 4.21 Å². The van der Waals surface area contributed by atoms with E-state index in [1.807, 2.05) is 37.3 Å². The Balaban J connectivity index is 1.81. The number of ether oxygens (including phenoxy) is 2. The summed E-state index contributed by atoms with van der Waals surface area (Å²) >= 11 is 0. The Morgan fingerprint density at radius 2 is 1.73 bits per heavy atom. The molecule has 0 spiro atoms. The van der Waals surface area contributed by atoms with Crippen molar-refractivity contribution < 1.29 is 23.3 Å². The lowest BCUT2D eigenvalue weighted by molar-refractivity contribution is -0.115. The third-order valence-electron chi connectivity index (χ3n) is 6.07. The molecule has 1 aromatic heterocycles. The molecule has 2 amide bonds. The van der Waals surface area contributed by atoms with Gasteiger partial charge in [-0.05, 0) is 49.7 Å². The van der Waals surface area contributed by atoms with Crippen LogP contribution in [0.5, 0.6) is 17.4 Å². The van der Waals surface area contributed by atoms with Gasteiger partial charge in [-0.2, -0.15) is 9.62 Å². The van der Waals surface area contributed by atoms with Gasteiger partial charge in [-0.1, -0.05) is 35.9 Å². The van der Waals surface area contributed by atoms with Gasteiger partial charge in [-0.15, -0.1) is 10.2 Å². The highest BCUT2D eigenvalue weighted by atomic mass is 32.2. The molecule has 41 heavy (non-hydrogen) atoms. The summed E-state index contributed by atoms with van der Waals surface area (Å²) in [6, 6.07) is 20.6. The fraction of sp³-hybridized carbons (Fsp3) is 0.167. The first-order valence-electron chi connectivity index (χ1n) is 12.4. The summed E-state index contributed by atoms with van der Waals surface area (Å²) < 4.78 is 28.1. The van der Waals surface area contributed by atoms with Gasteiger partial charge in [0.2, 0.25) is 0 Å². The van der Waals surface area contributed by atoms with Crippen molar-refractivity contribution in [2.24, 2.45) is 4.36 Å². The number of anilines is 1. The molecular weight excluding hydrogens is 542 g/mol. The summed E-state index contributed by atoms with van der Waals surface area (Å²) in [7, 11) is -1.57. The predicted octanol–water partition coefficient (Wildman–Crippen LogP) is 5.69. The average Bonchev–Trinajstić information content (AvgIpc) is 2.93. The molecule has 0 saturated heterocycles. The summed E-state index contributed by atoms with van der Waals surface area (Å²) in [6.07, 6.45) is 1.36. The molecule has 1 heterocycles. The van der Waals surface area contributed by atoms with Gasteiger partial charge in [0, 0.05) is 35.4 Å². The van der Waals surface area contributed by atoms with Crippen LogP contribution in [-0.2, 0) is 14.5 Å². The number of methoxy groups -OCH3 is 1. The Kier molecular flexibility index (Phi) is 8.45. The van der Waals surface area contributed by atoms with Crippen molar-refractivity contribution in [1.29, 1.82) is 5.26 Å². The minimum atomic E-state index is -3.01. The van der Waals surface area contributed by atoms with Crippen LogP contribution in [0, 0.1) is 25.2 Å². The Morgan fingerprint density at radius 3 is 2.39 bits per heavy atom. The molecule has 1 atom stereocenters. The molecule has 0 aliphatic rings. The van der Waals surface area contributed by atoms with Gasteiger partial charge in [0.15, 0.2) is 11.5 Å². The molecule has 4 aromatic rings. The standard InChI is InChI=1S/C30H27N5O5S/c1-18-9-12-22(13-10-18)28-19(2)27(30(34-33-28)40-25-14-11-21(17-31)15-26(25)39-4)29(37)32-23-7-6-8-24(16-23)41(5,38)35-20(3)36/h6-16H,1-5H3,(H,32,37)/t41-/m1/s1. The molecule has 0 fully saturated rings. The van der Waals surface area contributed by atoms with Crippen LogP contribution in [0.1, 0.15) is 34.0 Å². The van der Waals surface area contributed by atoms with Crippen molar-refractivity contribution in [2.75, 3.05) is 18.7 Å². The van der Waals surface area contributed by atoms with Crippen molar-refractivity contribution >= 4 is 27.2 Å². The van der Waals surface area contributed by atoms with E-state index < -0.39 is 21.5 Å². The van der Waals surface area contributed by atoms with Crippen LogP contribution < -0.4 is 14.8 Å². The normalized spacial score (nSPS) is 12.0. The lowest BCUT2D eigenvalue weighted by Gasteiger charge is -2.16. The van der Waals surface area contributed by atoms with Crippen molar-refractivity contribution in [3.8, 4) is 34.7 Å². The number of nitriles is 1. The van der Waals surface area contributed by atoms with Crippen LogP contribution in [0.15, 0.2) is 76.0 Å². The number of carbonyl (C=O) groups is 2. The maximum absolute atomic E-state index is 13.8. The average molecular weight is 570 g/mol. The summed E-state index contributed by atoms with van der Waals surface area (Å²) in [5.41, 5.74) is 3.62. The number of aromatic nitrogens is 2. The third kappa shape index (κ3) is 6.57. The van der Waals surface area contributed by atoms with Crippen LogP contribution in [0.25, 0.3) is 11.3 Å². The minimum Gasteiger partial charge on any atom is -0.493 e. The van der Waals surface area contributed by atoms with Gasteiger partial charge in [0.05, 0.1) is 34.2 Å². The van der Waals surface area contributed by atoms with Crippen molar-refractivity contribution in [1.82, 2.24) is 10.2 Å². The molecule has 1 N–H and O–H groups in total. The number of aryl methyl sites for hydroxylation is 1. The van der Waals surface area contributed by atoms with E-state index in [0.29, 0.717) is 22.5 Å². The summed E-state index contributed by atoms with van der Waals surface area (Å²) in [5, 5.41) is 20.7. The highest BCUT2D eigenvalue weighted by Gasteiger charge is 2.24. The number of nitrogens with zero attached hydrogens (tertiary/aromatic N) is 4. The van der Waals surface area contributed by atoms with Gasteiger partial charge < -0.3 is 14.8 Å². The fourth-order valence-corrected chi connectivity index (χ4v) is 5.32. The van der Waals surface area contributed by atoms with Crippen molar-refractivity contribution in [3.63, 3.8) is 0 Å². The largest absolute Gasteiger partial charge is 0.493 e. The Hall–Kier alpha value is -5.08. The lowest BCUT2D eigenvalue weighted by Crippen LogP contribution is -2.17. The van der Waals surface area contributed by atoms with Crippen LogP contribution >= 0.6 is 0 Å². The molecule has 3 aromatic carbocycles. The maximum atomic E-state index is 13.8. The second-order valence-corrected chi connectivity index (χ2v) is 11.5. The van der Waals surface area contributed by atoms with E-state index in [0.717, 1.165) is 11.1 Å². The first-order valence-corrected chi connectivity index (χ1v) is 14.3. The highest BCUT2D eigenvalue weighted by Crippen LogP contribution is 2.36. The number of hydrogen-bond donors (Lipinski definition) is 1. The van der Waals surface area contributed by atoms with E-state index in [1.54, 1.807) is 37.3 Å². The zero-order valence-corrected chi connectivity index (χ0v) is 23.9. The van der Waals surface area contributed by atoms with Gasteiger partial charge >= 0.3 is 0 Å². The number of benzene rings is 3. The van der Waals surface area contributed by atoms with E-state index in [-0.39, 0.29) is 27.8 Å². The molecule has 4 rings (SSSR count). The van der Waals surface area contributed by atoms with E-state index in [4.69, 9.17) is 9.47 Å². The number of carbonyl (C=O) groups excluding carboxylic acids is 2. The fourth-order valence-electron chi connectivity index (χ4n) is 4.05. The molecule has 10 nitrogen and oxygen atoms in total. The van der Waals surface area contributed by atoms with Crippen LogP contribution in [0.3, 0.4) is 0 Å². The third-order valence-corrected chi connectivity index (χ3v) is 7.80. The van der Waals surface area contributed by atoms with Crippen LogP contribution in [-0.4, -0.2) is 39.6 Å². The number of hydrogen-bond acceptors (Lipinski definition) is 8. The van der Waals surface area contributed by atoms with Gasteiger partial charge in [-0.3, -0.25) is 9.59 Å². The highest BCUT2D eigenvalue weighted by molar-refractivity contribution is 7.93. The molecule has 0 aliphatic carbocycles. The first kappa shape index (κ1) is 28.9. The summed E-state index contributed by atoms with van der Waals surface area (Å²) in [6.45, 7) is 4.93. The molecule has 11 heteroatoms. The molecule has 0 radical (unpaired) electrons. The minimum absolute atomic E-state index is 0.0825. The van der Waals surface area contributed by atoms with Crippen molar-refractivity contribution in [3.05, 3.63) is 89.0 Å². The topological polar surface area (TPSA) is 144 Å². The predicted molar refractivity (Wildman–Crippen MR) is 155 cm³/mol. The number of rotatable bonds is 7. The van der Waals surface area contributed by atoms with Gasteiger partial charge in [0.25, 0.3) is 17.7 Å². The van der Waals surface area contributed by atoms with E-state index >= 15 is 0 Å². The van der Waals surface area contributed by atoms with Crippen molar-refractivity contribution in [2.45, 2.75) is 25.7 Å². The van der Waals surface area contributed by atoms with Crippen LogP contribution in [0.2, 0.25) is 0 Å². The Bertz CT molecular complexity index is 1820. The molecule has 0 aliphatic heterocycles.